The quantitative estimate of drug-likeness (QED) is 0.175. The van der Waals surface area contributed by atoms with E-state index in [0.29, 0.717) is 0 Å². The van der Waals surface area contributed by atoms with Crippen LogP contribution in [0, 0.1) is 0 Å². The van der Waals surface area contributed by atoms with Gasteiger partial charge in [-0.15, -0.1) is 0 Å². The van der Waals surface area contributed by atoms with Crippen molar-refractivity contribution in [2.45, 2.75) is 38.5 Å². The van der Waals surface area contributed by atoms with E-state index in [-0.39, 0.29) is 10.8 Å². The molecule has 0 fully saturated rings. The summed E-state index contributed by atoms with van der Waals surface area (Å²) in [7, 11) is 0. The molecule has 0 amide bonds. The maximum Gasteiger partial charge on any atom is 0.160 e. The van der Waals surface area contributed by atoms with Crippen LogP contribution in [-0.4, -0.2) is 9.97 Å². The molecule has 11 rings (SSSR count). The molecule has 2 heteroatoms. The molecule has 2 aliphatic carbocycles. The van der Waals surface area contributed by atoms with Crippen molar-refractivity contribution in [1.29, 1.82) is 0 Å². The summed E-state index contributed by atoms with van der Waals surface area (Å²) < 4.78 is 0. The van der Waals surface area contributed by atoms with E-state index in [1.165, 1.54) is 72.0 Å². The maximum absolute atomic E-state index is 5.37. The summed E-state index contributed by atoms with van der Waals surface area (Å²) >= 11 is 0. The van der Waals surface area contributed by atoms with Crippen LogP contribution in [0.3, 0.4) is 0 Å². The first-order chi connectivity index (χ1) is 28.3. The summed E-state index contributed by atoms with van der Waals surface area (Å²) in [5, 5.41) is 2.52. The van der Waals surface area contributed by atoms with Crippen LogP contribution in [0.1, 0.15) is 49.9 Å². The van der Waals surface area contributed by atoms with Gasteiger partial charge in [0.2, 0.25) is 0 Å². The van der Waals surface area contributed by atoms with Crippen LogP contribution in [0.4, 0.5) is 0 Å². The molecule has 2 aliphatic rings. The van der Waals surface area contributed by atoms with Crippen LogP contribution in [0.5, 0.6) is 0 Å². The molecule has 58 heavy (non-hydrogen) atoms. The van der Waals surface area contributed by atoms with Crippen LogP contribution in [0.25, 0.3) is 89.2 Å². The zero-order valence-electron chi connectivity index (χ0n) is 33.2. The minimum Gasteiger partial charge on any atom is -0.228 e. The molecular weight excluding hydrogens is 701 g/mol. The fourth-order valence-electron chi connectivity index (χ4n) is 9.80. The van der Waals surface area contributed by atoms with E-state index in [2.05, 4.69) is 204 Å². The molecule has 1 aromatic heterocycles. The summed E-state index contributed by atoms with van der Waals surface area (Å²) in [6.45, 7) is 9.44. The van der Waals surface area contributed by atoms with E-state index < -0.39 is 0 Å². The number of hydrogen-bond acceptors (Lipinski definition) is 2. The first-order valence-electron chi connectivity index (χ1n) is 20.3. The van der Waals surface area contributed by atoms with Crippen LogP contribution >= 0.6 is 0 Å². The van der Waals surface area contributed by atoms with Crippen molar-refractivity contribution in [3.63, 3.8) is 0 Å². The highest BCUT2D eigenvalue weighted by molar-refractivity contribution is 5.99. The van der Waals surface area contributed by atoms with Gasteiger partial charge >= 0.3 is 0 Å². The number of benzene rings is 8. The SMILES string of the molecule is CC1(C)c2cc(-c3ccccc3)ccc2-c2ccc(-c3ccccc3-c3cc(-c4cccc5c4-c4cc6ccccc6cc4C5(C)C)nc(-c4ccccc4)n3)cc21. The average molecular weight is 743 g/mol. The molecule has 2 nitrogen and oxygen atoms in total. The Morgan fingerprint density at radius 3 is 1.53 bits per heavy atom. The Morgan fingerprint density at radius 2 is 0.828 bits per heavy atom. The van der Waals surface area contributed by atoms with Crippen molar-refractivity contribution in [2.24, 2.45) is 0 Å². The van der Waals surface area contributed by atoms with Crippen molar-refractivity contribution < 1.29 is 0 Å². The van der Waals surface area contributed by atoms with E-state index in [4.69, 9.17) is 9.97 Å². The number of nitrogens with zero attached hydrogens (tertiary/aromatic N) is 2. The molecule has 9 aromatic rings. The molecule has 0 aliphatic heterocycles. The lowest BCUT2D eigenvalue weighted by atomic mass is 9.80. The average Bonchev–Trinajstić information content (AvgIpc) is 3.64. The molecule has 0 N–H and O–H groups in total. The van der Waals surface area contributed by atoms with Crippen LogP contribution in [0.15, 0.2) is 182 Å². The van der Waals surface area contributed by atoms with Gasteiger partial charge in [0.15, 0.2) is 5.82 Å². The first-order valence-corrected chi connectivity index (χ1v) is 20.3. The lowest BCUT2D eigenvalue weighted by molar-refractivity contribution is 0.661. The van der Waals surface area contributed by atoms with Gasteiger partial charge in [-0.2, -0.15) is 0 Å². The highest BCUT2D eigenvalue weighted by Crippen LogP contribution is 2.54. The molecule has 0 unspecified atom stereocenters. The fraction of sp³-hybridized carbons (Fsp3) is 0.107. The van der Waals surface area contributed by atoms with Crippen molar-refractivity contribution in [3.05, 3.63) is 204 Å². The second-order valence-electron chi connectivity index (χ2n) is 17.0. The third-order valence-electron chi connectivity index (χ3n) is 12.9. The Hall–Kier alpha value is -6.90. The minimum absolute atomic E-state index is 0.153. The normalized spacial score (nSPS) is 14.1. The lowest BCUT2D eigenvalue weighted by Gasteiger charge is -2.23. The standard InChI is InChI=1S/C56H42N2/c1-55(2)47-25-15-24-45(53(47)46-30-37-20-11-12-21-38(37)31-50(46)55)52-34-51(57-54(58-52)36-18-9-6-10-19-36)44-23-14-13-22-41(44)40-27-29-43-42-28-26-39(35-16-7-5-8-17-35)32-48(42)56(3,4)49(43)33-40/h5-34H,1-4H3. The molecule has 0 bridgehead atoms. The van der Waals surface area contributed by atoms with Gasteiger partial charge in [-0.05, 0) is 108 Å². The number of hydrogen-bond donors (Lipinski definition) is 0. The fourth-order valence-corrected chi connectivity index (χ4v) is 9.80. The van der Waals surface area contributed by atoms with Gasteiger partial charge < -0.3 is 0 Å². The molecule has 0 saturated carbocycles. The van der Waals surface area contributed by atoms with Gasteiger partial charge in [0.1, 0.15) is 0 Å². The molecule has 276 valence electrons. The first kappa shape index (κ1) is 34.4. The Labute approximate surface area is 340 Å². The van der Waals surface area contributed by atoms with E-state index >= 15 is 0 Å². The van der Waals surface area contributed by atoms with Gasteiger partial charge in [-0.3, -0.25) is 0 Å². The summed E-state index contributed by atoms with van der Waals surface area (Å²) in [6.07, 6.45) is 0. The minimum atomic E-state index is -0.161. The van der Waals surface area contributed by atoms with Gasteiger partial charge in [0, 0.05) is 27.5 Å². The second-order valence-corrected chi connectivity index (χ2v) is 17.0. The third kappa shape index (κ3) is 5.25. The van der Waals surface area contributed by atoms with Crippen molar-refractivity contribution in [1.82, 2.24) is 9.97 Å². The molecular formula is C56H42N2. The van der Waals surface area contributed by atoms with Crippen LogP contribution in [-0.2, 0) is 10.8 Å². The second kappa shape index (κ2) is 12.8. The highest BCUT2D eigenvalue weighted by Gasteiger charge is 2.38. The monoisotopic (exact) mass is 742 g/mol. The zero-order valence-corrected chi connectivity index (χ0v) is 33.2. The number of aromatic nitrogens is 2. The Morgan fingerprint density at radius 1 is 0.310 bits per heavy atom. The topological polar surface area (TPSA) is 25.8 Å². The van der Waals surface area contributed by atoms with Crippen LogP contribution < -0.4 is 0 Å². The predicted molar refractivity (Wildman–Crippen MR) is 242 cm³/mol. The summed E-state index contributed by atoms with van der Waals surface area (Å²) in [6, 6.07) is 66.3. The van der Waals surface area contributed by atoms with E-state index in [1.807, 2.05) is 6.07 Å². The third-order valence-corrected chi connectivity index (χ3v) is 12.9. The maximum atomic E-state index is 5.37. The molecule has 1 heterocycles. The zero-order chi connectivity index (χ0) is 39.2. The smallest absolute Gasteiger partial charge is 0.160 e. The molecule has 0 spiro atoms. The van der Waals surface area contributed by atoms with Gasteiger partial charge in [0.05, 0.1) is 11.4 Å². The van der Waals surface area contributed by atoms with Gasteiger partial charge in [-0.1, -0.05) is 179 Å². The molecule has 8 aromatic carbocycles. The summed E-state index contributed by atoms with van der Waals surface area (Å²) in [5.74, 6) is 0.719. The van der Waals surface area contributed by atoms with Gasteiger partial charge in [-0.25, -0.2) is 9.97 Å². The lowest BCUT2D eigenvalue weighted by Crippen LogP contribution is -2.15. The van der Waals surface area contributed by atoms with Gasteiger partial charge in [0.25, 0.3) is 0 Å². The Kier molecular flexibility index (Phi) is 7.59. The van der Waals surface area contributed by atoms with Crippen LogP contribution in [0.2, 0.25) is 0 Å². The summed E-state index contributed by atoms with van der Waals surface area (Å²) in [4.78, 5) is 10.7. The Balaban J connectivity index is 1.07. The highest BCUT2D eigenvalue weighted by atomic mass is 14.9. The molecule has 0 saturated heterocycles. The molecule has 0 radical (unpaired) electrons. The van der Waals surface area contributed by atoms with E-state index in [1.54, 1.807) is 0 Å². The Bertz CT molecular complexity index is 3100. The van der Waals surface area contributed by atoms with Crippen molar-refractivity contribution in [2.75, 3.05) is 0 Å². The van der Waals surface area contributed by atoms with Crippen molar-refractivity contribution in [3.8, 4) is 78.4 Å². The largest absolute Gasteiger partial charge is 0.228 e. The number of rotatable bonds is 5. The van der Waals surface area contributed by atoms with Crippen molar-refractivity contribution >= 4 is 10.8 Å². The van der Waals surface area contributed by atoms with E-state index in [9.17, 15) is 0 Å². The number of fused-ring (bicyclic) bond motifs is 7. The summed E-state index contributed by atoms with van der Waals surface area (Å²) in [5.41, 5.74) is 20.1. The molecule has 0 atom stereocenters. The predicted octanol–water partition coefficient (Wildman–Crippen LogP) is 14.6. The van der Waals surface area contributed by atoms with E-state index in [0.717, 1.165) is 39.5 Å².